The number of ether oxygens (including phenoxy) is 1. The number of benzene rings is 1. The molecule has 0 unspecified atom stereocenters. The van der Waals surface area contributed by atoms with Crippen LogP contribution in [0.3, 0.4) is 0 Å². The molecule has 1 N–H and O–H groups in total. The van der Waals surface area contributed by atoms with Crippen molar-refractivity contribution in [3.63, 3.8) is 0 Å². The van der Waals surface area contributed by atoms with E-state index in [4.69, 9.17) is 21.6 Å². The molecular formula is C13H15ClN2O2. The topological polar surface area (TPSA) is 62.1 Å². The van der Waals surface area contributed by atoms with Crippen molar-refractivity contribution in [2.45, 2.75) is 13.8 Å². The zero-order chi connectivity index (χ0) is 13.5. The molecule has 0 aromatic heterocycles. The lowest BCUT2D eigenvalue weighted by Gasteiger charge is -2.10. The lowest BCUT2D eigenvalue weighted by Crippen LogP contribution is -2.31. The third kappa shape index (κ3) is 4.64. The number of carbonyl (C=O) groups is 1. The molecule has 0 heterocycles. The fourth-order valence-corrected chi connectivity index (χ4v) is 1.38. The molecule has 0 aliphatic carbocycles. The maximum Gasteiger partial charge on any atom is 0.257 e. The van der Waals surface area contributed by atoms with E-state index in [9.17, 15) is 4.79 Å². The van der Waals surface area contributed by atoms with E-state index in [2.05, 4.69) is 5.32 Å². The highest BCUT2D eigenvalue weighted by molar-refractivity contribution is 6.30. The Hall–Kier alpha value is -1.73. The Labute approximate surface area is 112 Å². The second-order valence-corrected chi connectivity index (χ2v) is 4.68. The highest BCUT2D eigenvalue weighted by Crippen LogP contribution is 2.22. The Kier molecular flexibility index (Phi) is 5.47. The standard InChI is InChI=1S/C13H15ClN2O2/c1-9(2)7-16-13(17)8-18-12-5-11(14)4-3-10(12)6-15/h3-5,9H,7-8H2,1-2H3,(H,16,17). The van der Waals surface area contributed by atoms with Crippen LogP contribution >= 0.6 is 11.6 Å². The molecule has 0 spiro atoms. The van der Waals surface area contributed by atoms with Gasteiger partial charge in [0.1, 0.15) is 11.8 Å². The molecule has 1 rings (SSSR count). The number of nitriles is 1. The van der Waals surface area contributed by atoms with Crippen molar-refractivity contribution in [3.8, 4) is 11.8 Å². The largest absolute Gasteiger partial charge is 0.482 e. The van der Waals surface area contributed by atoms with Gasteiger partial charge in [0.2, 0.25) is 0 Å². The van der Waals surface area contributed by atoms with Crippen molar-refractivity contribution in [1.29, 1.82) is 5.26 Å². The lowest BCUT2D eigenvalue weighted by atomic mass is 10.2. The summed E-state index contributed by atoms with van der Waals surface area (Å²) in [7, 11) is 0. The average Bonchev–Trinajstić information content (AvgIpc) is 2.34. The van der Waals surface area contributed by atoms with Gasteiger partial charge in [0.25, 0.3) is 5.91 Å². The van der Waals surface area contributed by atoms with Crippen molar-refractivity contribution in [1.82, 2.24) is 5.32 Å². The van der Waals surface area contributed by atoms with E-state index in [0.717, 1.165) is 0 Å². The summed E-state index contributed by atoms with van der Waals surface area (Å²) in [6.07, 6.45) is 0. The molecule has 0 bridgehead atoms. The molecule has 1 aromatic rings. The molecule has 96 valence electrons. The summed E-state index contributed by atoms with van der Waals surface area (Å²) < 4.78 is 5.28. The fraction of sp³-hybridized carbons (Fsp3) is 0.385. The van der Waals surface area contributed by atoms with Gasteiger partial charge in [-0.05, 0) is 18.1 Å². The molecule has 18 heavy (non-hydrogen) atoms. The van der Waals surface area contributed by atoms with Crippen LogP contribution in [-0.2, 0) is 4.79 Å². The van der Waals surface area contributed by atoms with Crippen molar-refractivity contribution >= 4 is 17.5 Å². The third-order valence-electron chi connectivity index (χ3n) is 2.13. The van der Waals surface area contributed by atoms with E-state index in [1.54, 1.807) is 12.1 Å². The summed E-state index contributed by atoms with van der Waals surface area (Å²) in [4.78, 5) is 11.5. The number of rotatable bonds is 5. The Morgan fingerprint density at radius 1 is 1.56 bits per heavy atom. The van der Waals surface area contributed by atoms with Gasteiger partial charge in [0.15, 0.2) is 6.61 Å². The van der Waals surface area contributed by atoms with Gasteiger partial charge in [-0.25, -0.2) is 0 Å². The van der Waals surface area contributed by atoms with Crippen molar-refractivity contribution in [2.75, 3.05) is 13.2 Å². The first-order valence-electron chi connectivity index (χ1n) is 5.62. The molecule has 0 atom stereocenters. The lowest BCUT2D eigenvalue weighted by molar-refractivity contribution is -0.123. The average molecular weight is 267 g/mol. The normalized spacial score (nSPS) is 9.94. The molecule has 0 aliphatic rings. The molecule has 0 saturated heterocycles. The number of nitrogens with one attached hydrogen (secondary N) is 1. The van der Waals surface area contributed by atoms with Crippen LogP contribution in [0.4, 0.5) is 0 Å². The first-order valence-corrected chi connectivity index (χ1v) is 6.00. The van der Waals surface area contributed by atoms with E-state index in [0.29, 0.717) is 28.8 Å². The Morgan fingerprint density at radius 3 is 2.89 bits per heavy atom. The van der Waals surface area contributed by atoms with E-state index in [1.165, 1.54) is 6.07 Å². The number of nitrogens with zero attached hydrogens (tertiary/aromatic N) is 1. The molecular weight excluding hydrogens is 252 g/mol. The van der Waals surface area contributed by atoms with Gasteiger partial charge < -0.3 is 10.1 Å². The number of hydrogen-bond acceptors (Lipinski definition) is 3. The molecule has 1 aromatic carbocycles. The number of hydrogen-bond donors (Lipinski definition) is 1. The molecule has 5 heteroatoms. The van der Waals surface area contributed by atoms with E-state index >= 15 is 0 Å². The summed E-state index contributed by atoms with van der Waals surface area (Å²) in [6, 6.07) is 6.67. The fourth-order valence-electron chi connectivity index (χ4n) is 1.22. The first-order chi connectivity index (χ1) is 8.52. The smallest absolute Gasteiger partial charge is 0.257 e. The first kappa shape index (κ1) is 14.3. The predicted octanol–water partition coefficient (Wildman–Crippen LogP) is 2.36. The van der Waals surface area contributed by atoms with Gasteiger partial charge >= 0.3 is 0 Å². The van der Waals surface area contributed by atoms with Crippen LogP contribution in [0.5, 0.6) is 5.75 Å². The van der Waals surface area contributed by atoms with Crippen molar-refractivity contribution in [3.05, 3.63) is 28.8 Å². The molecule has 0 radical (unpaired) electrons. The Balaban J connectivity index is 2.55. The Bertz CT molecular complexity index is 467. The summed E-state index contributed by atoms with van der Waals surface area (Å²) >= 11 is 5.80. The predicted molar refractivity (Wildman–Crippen MR) is 69.5 cm³/mol. The molecule has 0 aliphatic heterocycles. The van der Waals surface area contributed by atoms with Crippen LogP contribution in [0, 0.1) is 17.2 Å². The van der Waals surface area contributed by atoms with Crippen LogP contribution < -0.4 is 10.1 Å². The van der Waals surface area contributed by atoms with Gasteiger partial charge in [0.05, 0.1) is 5.56 Å². The zero-order valence-electron chi connectivity index (χ0n) is 10.4. The zero-order valence-corrected chi connectivity index (χ0v) is 11.1. The van der Waals surface area contributed by atoms with Gasteiger partial charge in [-0.2, -0.15) is 5.26 Å². The monoisotopic (exact) mass is 266 g/mol. The van der Waals surface area contributed by atoms with Crippen LogP contribution in [-0.4, -0.2) is 19.1 Å². The number of carbonyl (C=O) groups excluding carboxylic acids is 1. The second-order valence-electron chi connectivity index (χ2n) is 4.24. The SMILES string of the molecule is CC(C)CNC(=O)COc1cc(Cl)ccc1C#N. The minimum atomic E-state index is -0.215. The van der Waals surface area contributed by atoms with Crippen LogP contribution in [0.1, 0.15) is 19.4 Å². The van der Waals surface area contributed by atoms with Crippen molar-refractivity contribution in [2.24, 2.45) is 5.92 Å². The summed E-state index contributed by atoms with van der Waals surface area (Å²) in [5.41, 5.74) is 0.357. The van der Waals surface area contributed by atoms with E-state index in [-0.39, 0.29) is 12.5 Å². The number of amides is 1. The summed E-state index contributed by atoms with van der Waals surface area (Å²) in [6.45, 7) is 4.49. The highest BCUT2D eigenvalue weighted by Gasteiger charge is 2.07. The molecule has 1 amide bonds. The van der Waals surface area contributed by atoms with E-state index < -0.39 is 0 Å². The maximum absolute atomic E-state index is 11.5. The van der Waals surface area contributed by atoms with Gasteiger partial charge in [0, 0.05) is 17.6 Å². The molecule has 0 saturated carbocycles. The third-order valence-corrected chi connectivity index (χ3v) is 2.37. The van der Waals surface area contributed by atoms with E-state index in [1.807, 2.05) is 19.9 Å². The Morgan fingerprint density at radius 2 is 2.28 bits per heavy atom. The van der Waals surface area contributed by atoms with Crippen LogP contribution in [0.2, 0.25) is 5.02 Å². The summed E-state index contributed by atoms with van der Waals surface area (Å²) in [5, 5.41) is 12.1. The minimum absolute atomic E-state index is 0.123. The molecule has 4 nitrogen and oxygen atoms in total. The van der Waals surface area contributed by atoms with Gasteiger partial charge in [-0.15, -0.1) is 0 Å². The quantitative estimate of drug-likeness (QED) is 0.890. The summed E-state index contributed by atoms with van der Waals surface area (Å²) in [5.74, 6) is 0.493. The van der Waals surface area contributed by atoms with Crippen LogP contribution in [0.15, 0.2) is 18.2 Å². The second kappa shape index (κ2) is 6.87. The van der Waals surface area contributed by atoms with Crippen molar-refractivity contribution < 1.29 is 9.53 Å². The highest BCUT2D eigenvalue weighted by atomic mass is 35.5. The number of halogens is 1. The van der Waals surface area contributed by atoms with Gasteiger partial charge in [-0.3, -0.25) is 4.79 Å². The van der Waals surface area contributed by atoms with Gasteiger partial charge in [-0.1, -0.05) is 25.4 Å². The molecule has 0 fully saturated rings. The minimum Gasteiger partial charge on any atom is -0.482 e. The van der Waals surface area contributed by atoms with Crippen LogP contribution in [0.25, 0.3) is 0 Å². The maximum atomic E-state index is 11.5.